The molecule has 0 unspecified atom stereocenters. The Labute approximate surface area is 208 Å². The number of carbonyl (C=O) groups excluding carboxylic acids is 2. The molecular formula is C29H36N2O4. The maximum Gasteiger partial charge on any atom is 0.162 e. The summed E-state index contributed by atoms with van der Waals surface area (Å²) in [5, 5.41) is 0. The lowest BCUT2D eigenvalue weighted by Gasteiger charge is -2.26. The number of ketones is 2. The summed E-state index contributed by atoms with van der Waals surface area (Å²) in [7, 11) is 0. The molecule has 3 aliphatic rings. The topological polar surface area (TPSA) is 59.1 Å². The Bertz CT molecular complexity index is 971. The van der Waals surface area contributed by atoms with Gasteiger partial charge in [0.2, 0.25) is 0 Å². The van der Waals surface area contributed by atoms with E-state index in [9.17, 15) is 9.59 Å². The minimum atomic E-state index is 0.216. The molecule has 2 saturated heterocycles. The van der Waals surface area contributed by atoms with Crippen molar-refractivity contribution >= 4 is 11.6 Å². The summed E-state index contributed by atoms with van der Waals surface area (Å²) >= 11 is 0. The van der Waals surface area contributed by atoms with Gasteiger partial charge in [-0.1, -0.05) is 24.3 Å². The molecule has 5 rings (SSSR count). The molecule has 6 heteroatoms. The van der Waals surface area contributed by atoms with Crippen molar-refractivity contribution in [2.75, 3.05) is 65.7 Å². The van der Waals surface area contributed by atoms with E-state index in [-0.39, 0.29) is 11.6 Å². The smallest absolute Gasteiger partial charge is 0.162 e. The number of carbonyl (C=O) groups is 2. The van der Waals surface area contributed by atoms with Crippen molar-refractivity contribution < 1.29 is 19.1 Å². The van der Waals surface area contributed by atoms with Gasteiger partial charge in [0.15, 0.2) is 11.6 Å². The second-order valence-corrected chi connectivity index (χ2v) is 9.88. The van der Waals surface area contributed by atoms with Gasteiger partial charge in [-0.15, -0.1) is 0 Å². The Hall–Kier alpha value is -2.38. The van der Waals surface area contributed by atoms with E-state index in [4.69, 9.17) is 9.47 Å². The Morgan fingerprint density at radius 3 is 1.51 bits per heavy atom. The maximum atomic E-state index is 12.8. The van der Waals surface area contributed by atoms with Gasteiger partial charge in [-0.3, -0.25) is 19.4 Å². The number of benzene rings is 2. The van der Waals surface area contributed by atoms with Gasteiger partial charge in [0.05, 0.1) is 26.4 Å². The molecule has 186 valence electrons. The zero-order chi connectivity index (χ0) is 24.0. The summed E-state index contributed by atoms with van der Waals surface area (Å²) in [6.45, 7) is 8.93. The quantitative estimate of drug-likeness (QED) is 0.415. The van der Waals surface area contributed by atoms with E-state index in [1.807, 2.05) is 12.1 Å². The molecule has 0 N–H and O–H groups in total. The molecular weight excluding hydrogens is 440 g/mol. The van der Waals surface area contributed by atoms with Crippen LogP contribution < -0.4 is 0 Å². The lowest BCUT2D eigenvalue weighted by molar-refractivity contribution is 0.0370. The van der Waals surface area contributed by atoms with Crippen molar-refractivity contribution in [3.05, 3.63) is 58.7 Å². The Morgan fingerprint density at radius 1 is 0.657 bits per heavy atom. The van der Waals surface area contributed by atoms with Gasteiger partial charge >= 0.3 is 0 Å². The minimum Gasteiger partial charge on any atom is -0.379 e. The van der Waals surface area contributed by atoms with E-state index in [2.05, 4.69) is 34.1 Å². The SMILES string of the molecule is O=C(CCCN1CCOCC1)c1ccc2c(c1)Cc1cc(C(=O)CCCN3CCOCC3)ccc1-2. The molecule has 2 aliphatic heterocycles. The lowest BCUT2D eigenvalue weighted by atomic mass is 9.98. The first-order chi connectivity index (χ1) is 17.2. The summed E-state index contributed by atoms with van der Waals surface area (Å²) in [6.07, 6.45) is 3.70. The van der Waals surface area contributed by atoms with Crippen LogP contribution in [0.4, 0.5) is 0 Å². The summed E-state index contributed by atoms with van der Waals surface area (Å²) in [5.74, 6) is 0.432. The summed E-state index contributed by atoms with van der Waals surface area (Å²) < 4.78 is 10.8. The van der Waals surface area contributed by atoms with Gasteiger partial charge in [0, 0.05) is 50.1 Å². The van der Waals surface area contributed by atoms with Crippen LogP contribution in [0.1, 0.15) is 57.5 Å². The van der Waals surface area contributed by atoms with Crippen molar-refractivity contribution in [3.8, 4) is 11.1 Å². The lowest BCUT2D eigenvalue weighted by Crippen LogP contribution is -2.36. The van der Waals surface area contributed by atoms with Gasteiger partial charge in [0.1, 0.15) is 0 Å². The Kier molecular flexibility index (Phi) is 8.04. The number of hydrogen-bond donors (Lipinski definition) is 0. The largest absolute Gasteiger partial charge is 0.379 e. The highest BCUT2D eigenvalue weighted by atomic mass is 16.5. The van der Waals surface area contributed by atoms with E-state index >= 15 is 0 Å². The molecule has 0 spiro atoms. The first-order valence-electron chi connectivity index (χ1n) is 13.1. The average Bonchev–Trinajstić information content (AvgIpc) is 3.27. The third kappa shape index (κ3) is 6.07. The van der Waals surface area contributed by atoms with Crippen molar-refractivity contribution in [1.82, 2.24) is 9.80 Å². The first kappa shape index (κ1) is 24.3. The second kappa shape index (κ2) is 11.6. The van der Waals surface area contributed by atoms with Crippen LogP contribution in [-0.4, -0.2) is 87.1 Å². The van der Waals surface area contributed by atoms with E-state index < -0.39 is 0 Å². The molecule has 0 atom stereocenters. The number of fused-ring (bicyclic) bond motifs is 3. The van der Waals surface area contributed by atoms with Crippen molar-refractivity contribution in [2.45, 2.75) is 32.1 Å². The summed E-state index contributed by atoms with van der Waals surface area (Å²) in [4.78, 5) is 30.4. The number of ether oxygens (including phenoxy) is 2. The first-order valence-corrected chi connectivity index (χ1v) is 13.1. The van der Waals surface area contributed by atoms with Gasteiger partial charge in [-0.2, -0.15) is 0 Å². The van der Waals surface area contributed by atoms with Gasteiger partial charge in [-0.05, 0) is 66.7 Å². The molecule has 35 heavy (non-hydrogen) atoms. The Balaban J connectivity index is 1.15. The zero-order valence-corrected chi connectivity index (χ0v) is 20.6. The molecule has 2 aromatic carbocycles. The summed E-state index contributed by atoms with van der Waals surface area (Å²) in [5.41, 5.74) is 6.37. The van der Waals surface area contributed by atoms with Crippen LogP contribution in [0, 0.1) is 0 Å². The fraction of sp³-hybridized carbons (Fsp3) is 0.517. The van der Waals surface area contributed by atoms with Gasteiger partial charge in [0.25, 0.3) is 0 Å². The predicted octanol–water partition coefficient (Wildman–Crippen LogP) is 3.85. The van der Waals surface area contributed by atoms with Crippen LogP contribution in [0.25, 0.3) is 11.1 Å². The number of rotatable bonds is 10. The second-order valence-electron chi connectivity index (χ2n) is 9.88. The molecule has 6 nitrogen and oxygen atoms in total. The van der Waals surface area contributed by atoms with Crippen LogP contribution in [0.5, 0.6) is 0 Å². The van der Waals surface area contributed by atoms with Crippen LogP contribution in [0.15, 0.2) is 36.4 Å². The normalized spacial score (nSPS) is 18.3. The van der Waals surface area contributed by atoms with E-state index in [1.54, 1.807) is 0 Å². The fourth-order valence-corrected chi connectivity index (χ4v) is 5.42. The molecule has 0 amide bonds. The van der Waals surface area contributed by atoms with E-state index in [0.717, 1.165) is 96.1 Å². The molecule has 0 saturated carbocycles. The predicted molar refractivity (Wildman–Crippen MR) is 136 cm³/mol. The molecule has 2 heterocycles. The van der Waals surface area contributed by atoms with E-state index in [1.165, 1.54) is 22.3 Å². The highest BCUT2D eigenvalue weighted by Gasteiger charge is 2.22. The standard InChI is InChI=1S/C29H36N2O4/c32-28(3-1-9-30-11-15-34-16-12-30)22-5-7-26-24(19-22)21-25-20-23(6-8-27(25)26)29(33)4-2-10-31-13-17-35-18-14-31/h5-8,19-20H,1-4,9-18,21H2. The highest BCUT2D eigenvalue weighted by molar-refractivity contribution is 5.99. The van der Waals surface area contributed by atoms with Crippen LogP contribution in [0.2, 0.25) is 0 Å². The van der Waals surface area contributed by atoms with Crippen LogP contribution >= 0.6 is 0 Å². The van der Waals surface area contributed by atoms with Gasteiger partial charge < -0.3 is 9.47 Å². The maximum absolute atomic E-state index is 12.8. The summed E-state index contributed by atoms with van der Waals surface area (Å²) in [6, 6.07) is 12.2. The fourth-order valence-electron chi connectivity index (χ4n) is 5.42. The molecule has 2 fully saturated rings. The number of hydrogen-bond acceptors (Lipinski definition) is 6. The number of nitrogens with zero attached hydrogens (tertiary/aromatic N) is 2. The molecule has 0 bridgehead atoms. The third-order valence-electron chi connectivity index (χ3n) is 7.49. The molecule has 0 radical (unpaired) electrons. The number of Topliss-reactive ketones (excluding diaryl/α,β-unsaturated/α-hetero) is 2. The average molecular weight is 477 g/mol. The number of morpholine rings is 2. The van der Waals surface area contributed by atoms with Gasteiger partial charge in [-0.25, -0.2) is 0 Å². The van der Waals surface area contributed by atoms with E-state index in [0.29, 0.717) is 12.8 Å². The minimum absolute atomic E-state index is 0.216. The van der Waals surface area contributed by atoms with Crippen molar-refractivity contribution in [2.24, 2.45) is 0 Å². The highest BCUT2D eigenvalue weighted by Crippen LogP contribution is 2.38. The van der Waals surface area contributed by atoms with Crippen molar-refractivity contribution in [1.29, 1.82) is 0 Å². The zero-order valence-electron chi connectivity index (χ0n) is 20.6. The third-order valence-corrected chi connectivity index (χ3v) is 7.49. The monoisotopic (exact) mass is 476 g/mol. The molecule has 2 aromatic rings. The molecule has 1 aliphatic carbocycles. The van der Waals surface area contributed by atoms with Crippen LogP contribution in [-0.2, 0) is 15.9 Å². The van der Waals surface area contributed by atoms with Crippen molar-refractivity contribution in [3.63, 3.8) is 0 Å². The Morgan fingerprint density at radius 2 is 1.09 bits per heavy atom. The molecule has 0 aromatic heterocycles. The van der Waals surface area contributed by atoms with Crippen LogP contribution in [0.3, 0.4) is 0 Å².